The van der Waals surface area contributed by atoms with E-state index in [4.69, 9.17) is 4.74 Å². The van der Waals surface area contributed by atoms with Crippen LogP contribution in [0.4, 0.5) is 5.69 Å². The molecule has 0 bridgehead atoms. The molecule has 0 saturated heterocycles. The molecule has 2 heterocycles. The summed E-state index contributed by atoms with van der Waals surface area (Å²) in [6.45, 7) is 1.83. The van der Waals surface area contributed by atoms with Gasteiger partial charge < -0.3 is 10.1 Å². The number of carbonyl (C=O) groups is 2. The second-order valence-electron chi connectivity index (χ2n) is 4.38. The minimum atomic E-state index is -0.281. The fourth-order valence-corrected chi connectivity index (χ4v) is 3.59. The van der Waals surface area contributed by atoms with Crippen LogP contribution in [0.2, 0.25) is 0 Å². The monoisotopic (exact) mass is 321 g/mol. The van der Waals surface area contributed by atoms with E-state index in [1.54, 1.807) is 23.7 Å². The normalized spacial score (nSPS) is 14.8. The summed E-state index contributed by atoms with van der Waals surface area (Å²) in [5.41, 5.74) is 2.69. The molecule has 0 saturated carbocycles. The van der Waals surface area contributed by atoms with Gasteiger partial charge in [0.1, 0.15) is 11.3 Å². The predicted octanol–water partition coefficient (Wildman–Crippen LogP) is 2.23. The second-order valence-corrected chi connectivity index (χ2v) is 6.80. The number of hydrogen-bond donors (Lipinski definition) is 1. The number of amides is 1. The van der Waals surface area contributed by atoms with Crippen molar-refractivity contribution in [1.29, 1.82) is 0 Å². The highest BCUT2D eigenvalue weighted by atomic mass is 32.2. The van der Waals surface area contributed by atoms with Gasteiger partial charge in [-0.25, -0.2) is 0 Å². The summed E-state index contributed by atoms with van der Waals surface area (Å²) in [6.07, 6.45) is 0. The van der Waals surface area contributed by atoms with Crippen LogP contribution >= 0.6 is 23.1 Å². The van der Waals surface area contributed by atoms with Crippen LogP contribution in [0.5, 0.6) is 5.75 Å². The molecule has 0 radical (unpaired) electrons. The van der Waals surface area contributed by atoms with Crippen LogP contribution < -0.4 is 10.1 Å². The first-order chi connectivity index (χ1) is 10.1. The van der Waals surface area contributed by atoms with Gasteiger partial charge in [0.05, 0.1) is 10.9 Å². The van der Waals surface area contributed by atoms with E-state index in [1.807, 2.05) is 6.92 Å². The highest BCUT2D eigenvalue weighted by Crippen LogP contribution is 2.31. The molecule has 1 aromatic heterocycles. The number of anilines is 1. The molecule has 0 spiro atoms. The van der Waals surface area contributed by atoms with Crippen LogP contribution in [0.25, 0.3) is 0 Å². The maximum absolute atomic E-state index is 12.4. The maximum Gasteiger partial charge on any atom is 0.262 e. The van der Waals surface area contributed by atoms with Crippen LogP contribution in [-0.4, -0.2) is 33.7 Å². The number of nitrogens with one attached hydrogen (secondary N) is 1. The topological polar surface area (TPSA) is 81.2 Å². The van der Waals surface area contributed by atoms with Gasteiger partial charge in [-0.05, 0) is 25.1 Å². The highest BCUT2D eigenvalue weighted by molar-refractivity contribution is 8.02. The lowest BCUT2D eigenvalue weighted by atomic mass is 10.1. The van der Waals surface area contributed by atoms with E-state index in [1.165, 1.54) is 23.1 Å². The van der Waals surface area contributed by atoms with Crippen molar-refractivity contribution < 1.29 is 14.3 Å². The molecule has 1 amide bonds. The number of fused-ring (bicyclic) bond motifs is 1. The molecule has 1 aliphatic heterocycles. The molecule has 6 nitrogen and oxygen atoms in total. The molecule has 1 atom stereocenters. The number of carbonyl (C=O) groups excluding carboxylic acids is 2. The van der Waals surface area contributed by atoms with Gasteiger partial charge >= 0.3 is 0 Å². The predicted molar refractivity (Wildman–Crippen MR) is 80.1 cm³/mol. The SMILES string of the molecule is CC(Sc1nncs1)C(=O)c1ccc2c(c1)NC(=O)CO2. The van der Waals surface area contributed by atoms with E-state index in [2.05, 4.69) is 15.5 Å². The quantitative estimate of drug-likeness (QED) is 0.687. The molecule has 1 aliphatic rings. The maximum atomic E-state index is 12.4. The molecule has 108 valence electrons. The highest BCUT2D eigenvalue weighted by Gasteiger charge is 2.21. The zero-order valence-corrected chi connectivity index (χ0v) is 12.7. The summed E-state index contributed by atoms with van der Waals surface area (Å²) in [6, 6.07) is 5.05. The number of rotatable bonds is 4. The number of ether oxygens (including phenoxy) is 1. The first-order valence-electron chi connectivity index (χ1n) is 6.17. The number of Topliss-reactive ketones (excluding diaryl/α,β-unsaturated/α-hetero) is 1. The van der Waals surface area contributed by atoms with Crippen LogP contribution in [0.15, 0.2) is 28.0 Å². The molecular formula is C13H11N3O3S2. The van der Waals surface area contributed by atoms with Gasteiger partial charge in [0, 0.05) is 5.56 Å². The number of benzene rings is 1. The molecule has 2 aromatic rings. The Kier molecular flexibility index (Phi) is 3.89. The standard InChI is InChI=1S/C13H11N3O3S2/c1-7(21-13-16-14-6-20-13)12(18)8-2-3-10-9(4-8)15-11(17)5-19-10/h2-4,6-7H,5H2,1H3,(H,15,17). The zero-order chi connectivity index (χ0) is 14.8. The van der Waals surface area contributed by atoms with E-state index < -0.39 is 0 Å². The Balaban J connectivity index is 1.78. The summed E-state index contributed by atoms with van der Waals surface area (Å²) in [5, 5.41) is 10.1. The van der Waals surface area contributed by atoms with Crippen molar-refractivity contribution in [2.24, 2.45) is 0 Å². The minimum absolute atomic E-state index is 0.00357. The van der Waals surface area contributed by atoms with Gasteiger partial charge in [0.15, 0.2) is 16.7 Å². The molecule has 0 aliphatic carbocycles. The summed E-state index contributed by atoms with van der Waals surface area (Å²) in [7, 11) is 0. The second kappa shape index (κ2) is 5.82. The summed E-state index contributed by atoms with van der Waals surface area (Å²) in [5.74, 6) is 0.330. The van der Waals surface area contributed by atoms with Crippen molar-refractivity contribution in [3.05, 3.63) is 29.3 Å². The third-order valence-corrected chi connectivity index (χ3v) is 4.80. The number of ketones is 1. The van der Waals surface area contributed by atoms with Crippen molar-refractivity contribution in [2.45, 2.75) is 16.5 Å². The third-order valence-electron chi connectivity index (χ3n) is 2.88. The Morgan fingerprint density at radius 1 is 1.52 bits per heavy atom. The lowest BCUT2D eigenvalue weighted by molar-refractivity contribution is -0.118. The van der Waals surface area contributed by atoms with E-state index in [9.17, 15) is 9.59 Å². The van der Waals surface area contributed by atoms with Crippen molar-refractivity contribution in [3.8, 4) is 5.75 Å². The van der Waals surface area contributed by atoms with Crippen molar-refractivity contribution >= 4 is 40.5 Å². The number of hydrogen-bond acceptors (Lipinski definition) is 7. The Morgan fingerprint density at radius 2 is 2.38 bits per heavy atom. The largest absolute Gasteiger partial charge is 0.482 e. The summed E-state index contributed by atoms with van der Waals surface area (Å²) in [4.78, 5) is 23.7. The van der Waals surface area contributed by atoms with E-state index in [-0.39, 0.29) is 23.5 Å². The minimum Gasteiger partial charge on any atom is -0.482 e. The van der Waals surface area contributed by atoms with Gasteiger partial charge in [0.2, 0.25) is 0 Å². The number of aromatic nitrogens is 2. The smallest absolute Gasteiger partial charge is 0.262 e. The zero-order valence-electron chi connectivity index (χ0n) is 11.0. The van der Waals surface area contributed by atoms with Crippen LogP contribution in [0.3, 0.4) is 0 Å². The molecule has 0 fully saturated rings. The van der Waals surface area contributed by atoms with Crippen molar-refractivity contribution in [1.82, 2.24) is 10.2 Å². The molecule has 8 heteroatoms. The summed E-state index contributed by atoms with van der Waals surface area (Å²) < 4.78 is 6.03. The molecule has 21 heavy (non-hydrogen) atoms. The van der Waals surface area contributed by atoms with E-state index >= 15 is 0 Å². The molecule has 1 aromatic carbocycles. The van der Waals surface area contributed by atoms with Crippen molar-refractivity contribution in [3.63, 3.8) is 0 Å². The van der Waals surface area contributed by atoms with Crippen LogP contribution in [-0.2, 0) is 4.79 Å². The third kappa shape index (κ3) is 3.06. The van der Waals surface area contributed by atoms with E-state index in [0.717, 1.165) is 4.34 Å². The fraction of sp³-hybridized carbons (Fsp3) is 0.231. The van der Waals surface area contributed by atoms with Gasteiger partial charge in [-0.3, -0.25) is 9.59 Å². The lowest BCUT2D eigenvalue weighted by Gasteiger charge is -2.18. The number of nitrogens with zero attached hydrogens (tertiary/aromatic N) is 2. The first-order valence-corrected chi connectivity index (χ1v) is 7.93. The van der Waals surface area contributed by atoms with Gasteiger partial charge in [-0.15, -0.1) is 10.2 Å². The average Bonchev–Trinajstić information content (AvgIpc) is 2.98. The van der Waals surface area contributed by atoms with Crippen LogP contribution in [0.1, 0.15) is 17.3 Å². The molecular weight excluding hydrogens is 310 g/mol. The van der Waals surface area contributed by atoms with Crippen molar-refractivity contribution in [2.75, 3.05) is 11.9 Å². The number of thioether (sulfide) groups is 1. The molecule has 1 unspecified atom stereocenters. The Bertz CT molecular complexity index is 688. The average molecular weight is 321 g/mol. The van der Waals surface area contributed by atoms with E-state index in [0.29, 0.717) is 17.0 Å². The first kappa shape index (κ1) is 14.0. The molecule has 3 rings (SSSR count). The molecule has 1 N–H and O–H groups in total. The Hall–Kier alpha value is -1.93. The van der Waals surface area contributed by atoms with Gasteiger partial charge in [0.25, 0.3) is 5.91 Å². The Morgan fingerprint density at radius 3 is 3.14 bits per heavy atom. The fourth-order valence-electron chi connectivity index (χ4n) is 1.89. The van der Waals surface area contributed by atoms with Gasteiger partial charge in [-0.1, -0.05) is 23.1 Å². The van der Waals surface area contributed by atoms with Gasteiger partial charge in [-0.2, -0.15) is 0 Å². The van der Waals surface area contributed by atoms with Crippen LogP contribution in [0, 0.1) is 0 Å². The Labute approximate surface area is 128 Å². The lowest BCUT2D eigenvalue weighted by Crippen LogP contribution is -2.25. The summed E-state index contributed by atoms with van der Waals surface area (Å²) >= 11 is 2.77.